The monoisotopic (exact) mass is 477 g/mol. The van der Waals surface area contributed by atoms with Crippen LogP contribution >= 0.6 is 11.6 Å². The largest absolute Gasteiger partial charge is 0.478 e. The van der Waals surface area contributed by atoms with Gasteiger partial charge in [-0.15, -0.1) is 0 Å². The van der Waals surface area contributed by atoms with E-state index in [9.17, 15) is 38.5 Å². The zero-order valence-electron chi connectivity index (χ0n) is 16.3. The summed E-state index contributed by atoms with van der Waals surface area (Å²) in [4.78, 5) is 35.6. The molecule has 33 heavy (non-hydrogen) atoms. The number of amides is 1. The first-order chi connectivity index (χ1) is 15.5. The van der Waals surface area contributed by atoms with Gasteiger partial charge in [-0.25, -0.2) is 18.4 Å². The number of hydrogen-bond acceptors (Lipinski definition) is 5. The van der Waals surface area contributed by atoms with E-state index in [1.54, 1.807) is 0 Å². The molecule has 0 bridgehead atoms. The smallest absolute Gasteiger partial charge is 0.337 e. The van der Waals surface area contributed by atoms with E-state index in [0.717, 1.165) is 24.3 Å². The molecule has 0 radical (unpaired) electrons. The highest BCUT2D eigenvalue weighted by molar-refractivity contribution is 6.34. The molecule has 0 aliphatic rings. The number of carbonyl (C=O) groups excluding carboxylic acids is 1. The van der Waals surface area contributed by atoms with E-state index in [2.05, 4.69) is 5.32 Å². The molecule has 0 heterocycles. The van der Waals surface area contributed by atoms with E-state index in [-0.39, 0.29) is 22.4 Å². The van der Waals surface area contributed by atoms with Crippen LogP contribution in [0.15, 0.2) is 48.5 Å². The van der Waals surface area contributed by atoms with Gasteiger partial charge in [0.25, 0.3) is 5.91 Å². The zero-order valence-corrected chi connectivity index (χ0v) is 17.1. The minimum absolute atomic E-state index is 0.174. The highest BCUT2D eigenvalue weighted by Crippen LogP contribution is 2.31. The van der Waals surface area contributed by atoms with Crippen molar-refractivity contribution >= 4 is 35.1 Å². The lowest BCUT2D eigenvalue weighted by Gasteiger charge is -2.16. The van der Waals surface area contributed by atoms with Crippen molar-refractivity contribution in [2.75, 3.05) is 5.32 Å². The van der Waals surface area contributed by atoms with Crippen molar-refractivity contribution in [3.8, 4) is 11.1 Å². The Kier molecular flexibility index (Phi) is 6.73. The molecule has 0 atom stereocenters. The van der Waals surface area contributed by atoms with Crippen molar-refractivity contribution in [1.82, 2.24) is 0 Å². The van der Waals surface area contributed by atoms with Crippen LogP contribution in [0.4, 0.5) is 14.5 Å². The van der Waals surface area contributed by atoms with Crippen LogP contribution in [0.25, 0.3) is 11.1 Å². The second-order valence-electron chi connectivity index (χ2n) is 6.75. The average molecular weight is 478 g/mol. The SMILES string of the molecule is O=C(O)c1cc(C(=O)O)c(C(=O)Nc2cc(-c3ccc(F)c(F)c3)ccc2C(O)O)cc1Cl. The molecule has 0 aromatic heterocycles. The Balaban J connectivity index is 2.07. The lowest BCUT2D eigenvalue weighted by atomic mass is 10.0. The molecule has 11 heteroatoms. The molecule has 0 spiro atoms. The maximum Gasteiger partial charge on any atom is 0.337 e. The number of carboxylic acid groups (broad SMARTS) is 2. The van der Waals surface area contributed by atoms with Crippen molar-refractivity contribution in [3.63, 3.8) is 0 Å². The summed E-state index contributed by atoms with van der Waals surface area (Å²) in [6.07, 6.45) is -2.05. The van der Waals surface area contributed by atoms with Crippen LogP contribution < -0.4 is 5.32 Å². The van der Waals surface area contributed by atoms with Gasteiger partial charge >= 0.3 is 11.9 Å². The first-order valence-corrected chi connectivity index (χ1v) is 9.44. The van der Waals surface area contributed by atoms with E-state index < -0.39 is 57.5 Å². The molecule has 5 N–H and O–H groups in total. The maximum atomic E-state index is 13.6. The number of carboxylic acids is 2. The topological polar surface area (TPSA) is 144 Å². The standard InChI is InChI=1S/C22H14ClF2NO7/c23-15-8-12(13(21(30)31)7-14(15)22(32)33)19(27)26-18-6-10(1-3-11(18)20(28)29)9-2-4-16(24)17(25)5-9/h1-8,20,28-29H,(H,26,27)(H,30,31)(H,32,33). The Morgan fingerprint density at radius 1 is 0.788 bits per heavy atom. The van der Waals surface area contributed by atoms with Crippen LogP contribution in [0, 0.1) is 11.6 Å². The number of benzene rings is 3. The fourth-order valence-corrected chi connectivity index (χ4v) is 3.28. The van der Waals surface area contributed by atoms with Crippen molar-refractivity contribution in [2.45, 2.75) is 6.29 Å². The van der Waals surface area contributed by atoms with Crippen molar-refractivity contribution < 1.29 is 43.6 Å². The summed E-state index contributed by atoms with van der Waals surface area (Å²) < 4.78 is 26.9. The third-order valence-electron chi connectivity index (χ3n) is 4.65. The summed E-state index contributed by atoms with van der Waals surface area (Å²) in [5.41, 5.74) is -1.55. The molecule has 1 amide bonds. The number of aliphatic hydroxyl groups excluding tert-OH is 1. The van der Waals surface area contributed by atoms with Crippen molar-refractivity contribution in [1.29, 1.82) is 0 Å². The summed E-state index contributed by atoms with van der Waals surface area (Å²) in [7, 11) is 0. The maximum absolute atomic E-state index is 13.6. The number of carbonyl (C=O) groups is 3. The molecule has 3 rings (SSSR count). The van der Waals surface area contributed by atoms with Crippen LogP contribution in [-0.4, -0.2) is 38.3 Å². The lowest BCUT2D eigenvalue weighted by Crippen LogP contribution is -2.19. The van der Waals surface area contributed by atoms with Gasteiger partial charge in [0.1, 0.15) is 0 Å². The number of rotatable bonds is 6. The predicted molar refractivity (Wildman–Crippen MR) is 112 cm³/mol. The van der Waals surface area contributed by atoms with Gasteiger partial charge in [0.05, 0.1) is 21.7 Å². The quantitative estimate of drug-likeness (QED) is 0.338. The van der Waals surface area contributed by atoms with Crippen molar-refractivity contribution in [2.24, 2.45) is 0 Å². The molecular weight excluding hydrogens is 464 g/mol. The van der Waals surface area contributed by atoms with E-state index in [0.29, 0.717) is 0 Å². The van der Waals surface area contributed by atoms with Gasteiger partial charge in [0.2, 0.25) is 0 Å². The molecule has 0 unspecified atom stereocenters. The first kappa shape index (κ1) is 23.8. The molecule has 8 nitrogen and oxygen atoms in total. The van der Waals surface area contributed by atoms with E-state index in [1.807, 2.05) is 0 Å². The van der Waals surface area contributed by atoms with E-state index in [4.69, 9.17) is 16.7 Å². The van der Waals surface area contributed by atoms with Crippen LogP contribution in [0.1, 0.15) is 42.9 Å². The Hall–Kier alpha value is -3.86. The molecule has 3 aromatic rings. The summed E-state index contributed by atoms with van der Waals surface area (Å²) in [5.74, 6) is -6.34. The zero-order chi connectivity index (χ0) is 24.4. The molecule has 170 valence electrons. The Morgan fingerprint density at radius 3 is 1.97 bits per heavy atom. The number of aromatic carboxylic acids is 2. The Labute approximate surface area is 189 Å². The summed E-state index contributed by atoms with van der Waals surface area (Å²) in [6.45, 7) is 0. The van der Waals surface area contributed by atoms with Gasteiger partial charge in [-0.3, -0.25) is 4.79 Å². The lowest BCUT2D eigenvalue weighted by molar-refractivity contribution is -0.0418. The normalized spacial score (nSPS) is 10.8. The van der Waals surface area contributed by atoms with E-state index in [1.165, 1.54) is 24.3 Å². The molecule has 0 saturated heterocycles. The van der Waals surface area contributed by atoms with Crippen molar-refractivity contribution in [3.05, 3.63) is 87.4 Å². The minimum atomic E-state index is -2.05. The molecule has 0 fully saturated rings. The number of aliphatic hydroxyl groups is 2. The summed E-state index contributed by atoms with van der Waals surface area (Å²) in [6, 6.07) is 8.47. The summed E-state index contributed by atoms with van der Waals surface area (Å²) >= 11 is 5.86. The fourth-order valence-electron chi connectivity index (χ4n) is 3.04. The highest BCUT2D eigenvalue weighted by atomic mass is 35.5. The van der Waals surface area contributed by atoms with Gasteiger partial charge in [-0.2, -0.15) is 0 Å². The fraction of sp³-hybridized carbons (Fsp3) is 0.0455. The number of hydrogen-bond donors (Lipinski definition) is 5. The molecule has 0 aliphatic heterocycles. The van der Waals surface area contributed by atoms with Gasteiger partial charge in [-0.05, 0) is 41.5 Å². The third kappa shape index (κ3) is 4.98. The summed E-state index contributed by atoms with van der Waals surface area (Å²) in [5, 5.41) is 39.7. The molecular formula is C22H14ClF2NO7. The Bertz CT molecular complexity index is 1290. The van der Waals surface area contributed by atoms with Gasteiger partial charge in [-0.1, -0.05) is 29.8 Å². The number of nitrogens with one attached hydrogen (secondary N) is 1. The Morgan fingerprint density at radius 2 is 1.39 bits per heavy atom. The number of halogens is 3. The molecule has 3 aromatic carbocycles. The third-order valence-corrected chi connectivity index (χ3v) is 4.96. The van der Waals surface area contributed by atoms with Crippen LogP contribution in [0.5, 0.6) is 0 Å². The van der Waals surface area contributed by atoms with Crippen LogP contribution in [-0.2, 0) is 0 Å². The van der Waals surface area contributed by atoms with Crippen LogP contribution in [0.2, 0.25) is 5.02 Å². The van der Waals surface area contributed by atoms with Gasteiger partial charge in [0.15, 0.2) is 17.9 Å². The molecule has 0 saturated carbocycles. The van der Waals surface area contributed by atoms with Gasteiger partial charge < -0.3 is 25.7 Å². The predicted octanol–water partition coefficient (Wildman–Crippen LogP) is 3.92. The van der Waals surface area contributed by atoms with Crippen LogP contribution in [0.3, 0.4) is 0 Å². The second-order valence-corrected chi connectivity index (χ2v) is 7.15. The first-order valence-electron chi connectivity index (χ1n) is 9.06. The minimum Gasteiger partial charge on any atom is -0.478 e. The second kappa shape index (κ2) is 9.33. The van der Waals surface area contributed by atoms with E-state index >= 15 is 0 Å². The van der Waals surface area contributed by atoms with Gasteiger partial charge in [0, 0.05) is 11.3 Å². The average Bonchev–Trinajstić information content (AvgIpc) is 2.74. The number of anilines is 1. The highest BCUT2D eigenvalue weighted by Gasteiger charge is 2.23. The molecule has 0 aliphatic carbocycles.